The zero-order valence-corrected chi connectivity index (χ0v) is 9.69. The van der Waals surface area contributed by atoms with Gasteiger partial charge in [0.25, 0.3) is 0 Å². The summed E-state index contributed by atoms with van der Waals surface area (Å²) in [5.41, 5.74) is 0.726. The highest BCUT2D eigenvalue weighted by molar-refractivity contribution is 5.01. The third kappa shape index (κ3) is 2.70. The lowest BCUT2D eigenvalue weighted by atomic mass is 9.97. The molecule has 0 aromatic heterocycles. The third-order valence-corrected chi connectivity index (χ3v) is 3.71. The summed E-state index contributed by atoms with van der Waals surface area (Å²) in [6, 6.07) is 0. The second-order valence-corrected chi connectivity index (χ2v) is 5.02. The number of hydrogen-bond acceptors (Lipinski definition) is 1. The fraction of sp³-hybridized carbons (Fsp3) is 1.00. The monoisotopic (exact) mass is 183 g/mol. The summed E-state index contributed by atoms with van der Waals surface area (Å²) < 4.78 is 0. The molecule has 1 rings (SSSR count). The van der Waals surface area contributed by atoms with Gasteiger partial charge in [-0.2, -0.15) is 0 Å². The SMILES string of the molecule is CCC1(CC)CC1CNCC(C)C. The molecule has 0 amide bonds. The van der Waals surface area contributed by atoms with Gasteiger partial charge in [0, 0.05) is 0 Å². The molecule has 0 aromatic rings. The molecule has 0 saturated heterocycles. The predicted octanol–water partition coefficient (Wildman–Crippen LogP) is 3.06. The average molecular weight is 183 g/mol. The zero-order chi connectivity index (χ0) is 9.90. The van der Waals surface area contributed by atoms with E-state index in [1.165, 1.54) is 32.4 Å². The van der Waals surface area contributed by atoms with E-state index in [9.17, 15) is 0 Å². The van der Waals surface area contributed by atoms with Crippen LogP contribution in [0.15, 0.2) is 0 Å². The van der Waals surface area contributed by atoms with Crippen LogP contribution in [0.2, 0.25) is 0 Å². The molecular formula is C12H25N. The first kappa shape index (κ1) is 11.0. The van der Waals surface area contributed by atoms with Crippen molar-refractivity contribution in [3.8, 4) is 0 Å². The highest BCUT2D eigenvalue weighted by Gasteiger charge is 2.49. The molecule has 0 aromatic carbocycles. The maximum Gasteiger partial charge on any atom is -0.00149 e. The maximum absolute atomic E-state index is 3.57. The Morgan fingerprint density at radius 3 is 2.31 bits per heavy atom. The molecule has 1 atom stereocenters. The van der Waals surface area contributed by atoms with Gasteiger partial charge in [0.15, 0.2) is 0 Å². The molecule has 0 spiro atoms. The van der Waals surface area contributed by atoms with Crippen LogP contribution in [0, 0.1) is 17.3 Å². The van der Waals surface area contributed by atoms with Crippen LogP contribution < -0.4 is 5.32 Å². The average Bonchev–Trinajstić information content (AvgIpc) is 2.79. The van der Waals surface area contributed by atoms with Crippen LogP contribution >= 0.6 is 0 Å². The van der Waals surface area contributed by atoms with E-state index < -0.39 is 0 Å². The Kier molecular flexibility index (Phi) is 3.78. The van der Waals surface area contributed by atoms with Gasteiger partial charge in [0.05, 0.1) is 0 Å². The lowest BCUT2D eigenvalue weighted by Gasteiger charge is -2.13. The first-order chi connectivity index (χ1) is 6.14. The summed E-state index contributed by atoms with van der Waals surface area (Å²) in [5.74, 6) is 1.76. The van der Waals surface area contributed by atoms with Crippen molar-refractivity contribution in [1.29, 1.82) is 0 Å². The Labute approximate surface area is 83.3 Å². The summed E-state index contributed by atoms with van der Waals surface area (Å²) in [6.45, 7) is 11.7. The predicted molar refractivity (Wildman–Crippen MR) is 58.8 cm³/mol. The van der Waals surface area contributed by atoms with Crippen molar-refractivity contribution in [2.45, 2.75) is 47.0 Å². The normalized spacial score (nSPS) is 25.2. The topological polar surface area (TPSA) is 12.0 Å². The largest absolute Gasteiger partial charge is 0.316 e. The van der Waals surface area contributed by atoms with Gasteiger partial charge in [0.1, 0.15) is 0 Å². The fourth-order valence-corrected chi connectivity index (χ4v) is 2.38. The van der Waals surface area contributed by atoms with Crippen LogP contribution in [0.25, 0.3) is 0 Å². The molecule has 1 saturated carbocycles. The van der Waals surface area contributed by atoms with E-state index in [0.717, 1.165) is 17.3 Å². The smallest absolute Gasteiger partial charge is 0.00149 e. The van der Waals surface area contributed by atoms with Crippen molar-refractivity contribution in [2.24, 2.45) is 17.3 Å². The number of hydrogen-bond donors (Lipinski definition) is 1. The minimum Gasteiger partial charge on any atom is -0.316 e. The Morgan fingerprint density at radius 1 is 1.31 bits per heavy atom. The van der Waals surface area contributed by atoms with E-state index >= 15 is 0 Å². The molecule has 0 heterocycles. The Balaban J connectivity index is 2.12. The highest BCUT2D eigenvalue weighted by Crippen LogP contribution is 2.57. The first-order valence-electron chi connectivity index (χ1n) is 5.85. The Hall–Kier alpha value is -0.0400. The summed E-state index contributed by atoms with van der Waals surface area (Å²) in [7, 11) is 0. The van der Waals surface area contributed by atoms with Crippen molar-refractivity contribution in [3.63, 3.8) is 0 Å². The molecule has 78 valence electrons. The Bertz CT molecular complexity index is 147. The lowest BCUT2D eigenvalue weighted by Crippen LogP contribution is -2.23. The van der Waals surface area contributed by atoms with Gasteiger partial charge >= 0.3 is 0 Å². The van der Waals surface area contributed by atoms with Gasteiger partial charge in [-0.3, -0.25) is 0 Å². The molecule has 1 heteroatoms. The molecular weight excluding hydrogens is 158 g/mol. The van der Waals surface area contributed by atoms with Crippen LogP contribution in [0.5, 0.6) is 0 Å². The van der Waals surface area contributed by atoms with Crippen LogP contribution in [0.1, 0.15) is 47.0 Å². The summed E-state index contributed by atoms with van der Waals surface area (Å²) in [4.78, 5) is 0. The molecule has 1 N–H and O–H groups in total. The van der Waals surface area contributed by atoms with Crippen LogP contribution in [-0.4, -0.2) is 13.1 Å². The Morgan fingerprint density at radius 2 is 1.92 bits per heavy atom. The maximum atomic E-state index is 3.57. The summed E-state index contributed by atoms with van der Waals surface area (Å²) in [5, 5.41) is 3.57. The van der Waals surface area contributed by atoms with Crippen molar-refractivity contribution in [3.05, 3.63) is 0 Å². The lowest BCUT2D eigenvalue weighted by molar-refractivity contribution is 0.403. The van der Waals surface area contributed by atoms with E-state index in [0.29, 0.717) is 0 Å². The molecule has 0 aliphatic heterocycles. The third-order valence-electron chi connectivity index (χ3n) is 3.71. The highest BCUT2D eigenvalue weighted by atomic mass is 14.9. The van der Waals surface area contributed by atoms with E-state index in [1.807, 2.05) is 0 Å². The van der Waals surface area contributed by atoms with Gasteiger partial charge in [-0.15, -0.1) is 0 Å². The first-order valence-corrected chi connectivity index (χ1v) is 5.85. The molecule has 0 radical (unpaired) electrons. The molecule has 1 nitrogen and oxygen atoms in total. The van der Waals surface area contributed by atoms with Crippen molar-refractivity contribution in [2.75, 3.05) is 13.1 Å². The van der Waals surface area contributed by atoms with Crippen LogP contribution in [0.3, 0.4) is 0 Å². The van der Waals surface area contributed by atoms with E-state index in [4.69, 9.17) is 0 Å². The van der Waals surface area contributed by atoms with Crippen molar-refractivity contribution < 1.29 is 0 Å². The van der Waals surface area contributed by atoms with Crippen molar-refractivity contribution in [1.82, 2.24) is 5.32 Å². The van der Waals surface area contributed by atoms with Gasteiger partial charge in [-0.25, -0.2) is 0 Å². The second-order valence-electron chi connectivity index (χ2n) is 5.02. The summed E-state index contributed by atoms with van der Waals surface area (Å²) >= 11 is 0. The zero-order valence-electron chi connectivity index (χ0n) is 9.69. The second kappa shape index (κ2) is 4.45. The van der Waals surface area contributed by atoms with Crippen LogP contribution in [0.4, 0.5) is 0 Å². The van der Waals surface area contributed by atoms with Gasteiger partial charge in [-0.05, 0) is 36.8 Å². The van der Waals surface area contributed by atoms with Crippen LogP contribution in [-0.2, 0) is 0 Å². The fourth-order valence-electron chi connectivity index (χ4n) is 2.38. The van der Waals surface area contributed by atoms with Gasteiger partial charge < -0.3 is 5.32 Å². The van der Waals surface area contributed by atoms with Crippen molar-refractivity contribution >= 4 is 0 Å². The van der Waals surface area contributed by atoms with E-state index in [2.05, 4.69) is 33.0 Å². The standard InChI is InChI=1S/C12H25N/c1-5-12(6-2)7-11(12)9-13-8-10(3)4/h10-11,13H,5-9H2,1-4H3. The summed E-state index contributed by atoms with van der Waals surface area (Å²) in [6.07, 6.45) is 4.21. The van der Waals surface area contributed by atoms with E-state index in [-0.39, 0.29) is 0 Å². The molecule has 1 aliphatic carbocycles. The number of nitrogens with one attached hydrogen (secondary N) is 1. The quantitative estimate of drug-likeness (QED) is 0.667. The minimum absolute atomic E-state index is 0.726. The van der Waals surface area contributed by atoms with Gasteiger partial charge in [0.2, 0.25) is 0 Å². The molecule has 1 aliphatic rings. The minimum atomic E-state index is 0.726. The molecule has 13 heavy (non-hydrogen) atoms. The van der Waals surface area contributed by atoms with E-state index in [1.54, 1.807) is 0 Å². The molecule has 1 unspecified atom stereocenters. The molecule has 0 bridgehead atoms. The van der Waals surface area contributed by atoms with Gasteiger partial charge in [-0.1, -0.05) is 40.5 Å². The molecule has 1 fully saturated rings. The number of rotatable bonds is 6.